The predicted octanol–water partition coefficient (Wildman–Crippen LogP) is 0.825. The predicted molar refractivity (Wildman–Crippen MR) is 98.1 cm³/mol. The van der Waals surface area contributed by atoms with Crippen LogP contribution < -0.4 is 15.8 Å². The van der Waals surface area contributed by atoms with Crippen molar-refractivity contribution in [1.29, 1.82) is 0 Å². The van der Waals surface area contributed by atoms with Gasteiger partial charge in [0.05, 0.1) is 24.3 Å². The highest BCUT2D eigenvalue weighted by atomic mass is 16.5. The van der Waals surface area contributed by atoms with Gasteiger partial charge >= 0.3 is 5.97 Å². The Labute approximate surface area is 160 Å². The molecule has 1 aromatic carbocycles. The van der Waals surface area contributed by atoms with E-state index in [1.54, 1.807) is 6.92 Å². The highest BCUT2D eigenvalue weighted by molar-refractivity contribution is 6.22. The van der Waals surface area contributed by atoms with Crippen LogP contribution in [0.2, 0.25) is 0 Å². The van der Waals surface area contributed by atoms with Crippen molar-refractivity contribution in [3.05, 3.63) is 59.9 Å². The number of amides is 3. The summed E-state index contributed by atoms with van der Waals surface area (Å²) in [6.07, 6.45) is 2.84. The van der Waals surface area contributed by atoms with Crippen LogP contribution in [-0.2, 0) is 14.3 Å². The van der Waals surface area contributed by atoms with Crippen molar-refractivity contribution in [3.63, 3.8) is 0 Å². The number of rotatable bonds is 6. The molecule has 28 heavy (non-hydrogen) atoms. The molecule has 0 bridgehead atoms. The Balaban J connectivity index is 1.65. The summed E-state index contributed by atoms with van der Waals surface area (Å²) in [4.78, 5) is 53.4. The molecule has 1 atom stereocenters. The van der Waals surface area contributed by atoms with Crippen molar-refractivity contribution in [2.75, 3.05) is 11.5 Å². The summed E-state index contributed by atoms with van der Waals surface area (Å²) in [5.74, 6) is -1.83. The monoisotopic (exact) mass is 382 g/mol. The number of nitrogens with one attached hydrogen (secondary N) is 2. The highest BCUT2D eigenvalue weighted by Crippen LogP contribution is 2.23. The minimum absolute atomic E-state index is 0.102. The van der Waals surface area contributed by atoms with Gasteiger partial charge in [-0.15, -0.1) is 0 Å². The van der Waals surface area contributed by atoms with Crippen molar-refractivity contribution in [2.45, 2.75) is 19.4 Å². The molecule has 0 radical (unpaired) electrons. The molecule has 3 rings (SSSR count). The maximum absolute atomic E-state index is 12.6. The summed E-state index contributed by atoms with van der Waals surface area (Å²) in [5, 5.41) is 0. The molecule has 1 aliphatic rings. The molecule has 9 heteroatoms. The lowest BCUT2D eigenvalue weighted by atomic mass is 10.2. The van der Waals surface area contributed by atoms with Gasteiger partial charge in [-0.25, -0.2) is 15.1 Å². The fraction of sp³-hybridized carbons (Fsp3) is 0.211. The molecule has 2 aromatic rings. The van der Waals surface area contributed by atoms with E-state index in [2.05, 4.69) is 15.8 Å². The van der Waals surface area contributed by atoms with E-state index >= 15 is 0 Å². The van der Waals surface area contributed by atoms with Crippen molar-refractivity contribution in [2.24, 2.45) is 0 Å². The normalized spacial score (nSPS) is 16.2. The zero-order valence-electron chi connectivity index (χ0n) is 15.0. The van der Waals surface area contributed by atoms with Crippen LogP contribution in [0.4, 0.5) is 5.69 Å². The standard InChI is InChI=1S/C19H18N4O5/c1-2-28-19(27)13-3-5-14(6-4-13)23-16(24)11-15(18(23)26)21-22-17(25)12-7-9-20-10-8-12/h3-10,15,21H,2,11H2,1H3,(H,22,25). The smallest absolute Gasteiger partial charge is 0.338 e. The largest absolute Gasteiger partial charge is 0.462 e. The number of aromatic nitrogens is 1. The fourth-order valence-electron chi connectivity index (χ4n) is 2.71. The number of hydrazine groups is 1. The maximum Gasteiger partial charge on any atom is 0.338 e. The molecule has 3 amide bonds. The molecular formula is C19H18N4O5. The second-order valence-electron chi connectivity index (χ2n) is 5.93. The summed E-state index contributed by atoms with van der Waals surface area (Å²) in [7, 11) is 0. The SMILES string of the molecule is CCOC(=O)c1ccc(N2C(=O)CC(NNC(=O)c3ccncc3)C2=O)cc1. The number of hydrogen-bond donors (Lipinski definition) is 2. The Morgan fingerprint density at radius 1 is 1.11 bits per heavy atom. The summed E-state index contributed by atoms with van der Waals surface area (Å²) in [5.41, 5.74) is 6.05. The number of carbonyl (C=O) groups excluding carboxylic acids is 4. The molecule has 1 saturated heterocycles. The van der Waals surface area contributed by atoms with Gasteiger partial charge in [0.15, 0.2) is 0 Å². The van der Waals surface area contributed by atoms with Gasteiger partial charge in [0, 0.05) is 18.0 Å². The number of imide groups is 1. The van der Waals surface area contributed by atoms with E-state index in [9.17, 15) is 19.2 Å². The zero-order chi connectivity index (χ0) is 20.1. The lowest BCUT2D eigenvalue weighted by Crippen LogP contribution is -2.48. The van der Waals surface area contributed by atoms with Crippen molar-refractivity contribution in [1.82, 2.24) is 15.8 Å². The van der Waals surface area contributed by atoms with E-state index in [-0.39, 0.29) is 13.0 Å². The molecule has 1 fully saturated rings. The number of anilines is 1. The molecule has 1 aromatic heterocycles. The molecular weight excluding hydrogens is 364 g/mol. The third-order valence-electron chi connectivity index (χ3n) is 4.09. The molecule has 2 heterocycles. The maximum atomic E-state index is 12.6. The van der Waals surface area contributed by atoms with E-state index in [1.165, 1.54) is 48.8 Å². The van der Waals surface area contributed by atoms with Crippen molar-refractivity contribution >= 4 is 29.4 Å². The number of ether oxygens (including phenoxy) is 1. The second-order valence-corrected chi connectivity index (χ2v) is 5.93. The number of pyridine rings is 1. The Hall–Kier alpha value is -3.59. The lowest BCUT2D eigenvalue weighted by Gasteiger charge is -2.16. The zero-order valence-corrected chi connectivity index (χ0v) is 15.0. The van der Waals surface area contributed by atoms with Gasteiger partial charge in [-0.1, -0.05) is 0 Å². The van der Waals surface area contributed by atoms with Gasteiger partial charge in [0.25, 0.3) is 11.8 Å². The van der Waals surface area contributed by atoms with Crippen LogP contribution in [0.1, 0.15) is 34.1 Å². The first-order valence-electron chi connectivity index (χ1n) is 8.61. The first-order chi connectivity index (χ1) is 13.5. The van der Waals surface area contributed by atoms with E-state index in [0.717, 1.165) is 4.90 Å². The second kappa shape index (κ2) is 8.40. The average Bonchev–Trinajstić information content (AvgIpc) is 3.00. The minimum Gasteiger partial charge on any atom is -0.462 e. The van der Waals surface area contributed by atoms with Crippen LogP contribution in [0.5, 0.6) is 0 Å². The molecule has 1 unspecified atom stereocenters. The van der Waals surface area contributed by atoms with Crippen LogP contribution in [0.3, 0.4) is 0 Å². The molecule has 0 aliphatic carbocycles. The molecule has 9 nitrogen and oxygen atoms in total. The topological polar surface area (TPSA) is 118 Å². The molecule has 0 saturated carbocycles. The summed E-state index contributed by atoms with van der Waals surface area (Å²) in [6.45, 7) is 1.96. The summed E-state index contributed by atoms with van der Waals surface area (Å²) < 4.78 is 4.90. The van der Waals surface area contributed by atoms with Crippen LogP contribution in [0.25, 0.3) is 0 Å². The molecule has 1 aliphatic heterocycles. The van der Waals surface area contributed by atoms with Gasteiger partial charge in [0.2, 0.25) is 5.91 Å². The molecule has 144 valence electrons. The van der Waals surface area contributed by atoms with Gasteiger partial charge in [-0.05, 0) is 43.3 Å². The first-order valence-corrected chi connectivity index (χ1v) is 8.61. The Morgan fingerprint density at radius 3 is 2.43 bits per heavy atom. The third kappa shape index (κ3) is 4.04. The highest BCUT2D eigenvalue weighted by Gasteiger charge is 2.39. The lowest BCUT2D eigenvalue weighted by molar-refractivity contribution is -0.121. The third-order valence-corrected chi connectivity index (χ3v) is 4.09. The van der Waals surface area contributed by atoms with Gasteiger partial charge in [0.1, 0.15) is 6.04 Å². The number of esters is 1. The number of hydrogen-bond acceptors (Lipinski definition) is 7. The number of carbonyl (C=O) groups is 4. The Morgan fingerprint density at radius 2 is 1.79 bits per heavy atom. The van der Waals surface area contributed by atoms with Crippen LogP contribution in [-0.4, -0.2) is 41.3 Å². The number of benzene rings is 1. The van der Waals surface area contributed by atoms with E-state index in [1.807, 2.05) is 0 Å². The van der Waals surface area contributed by atoms with Crippen LogP contribution >= 0.6 is 0 Å². The molecule has 0 spiro atoms. The van der Waals surface area contributed by atoms with Gasteiger partial charge in [-0.3, -0.25) is 24.8 Å². The van der Waals surface area contributed by atoms with E-state index < -0.39 is 29.7 Å². The minimum atomic E-state index is -0.886. The summed E-state index contributed by atoms with van der Waals surface area (Å²) in [6, 6.07) is 8.13. The average molecular weight is 382 g/mol. The van der Waals surface area contributed by atoms with Gasteiger partial charge < -0.3 is 4.74 Å². The van der Waals surface area contributed by atoms with Gasteiger partial charge in [-0.2, -0.15) is 0 Å². The van der Waals surface area contributed by atoms with Crippen molar-refractivity contribution in [3.8, 4) is 0 Å². The Bertz CT molecular complexity index is 898. The Kier molecular flexibility index (Phi) is 5.75. The fourth-order valence-corrected chi connectivity index (χ4v) is 2.71. The number of nitrogens with zero attached hydrogens (tertiary/aromatic N) is 2. The van der Waals surface area contributed by atoms with Crippen LogP contribution in [0, 0.1) is 0 Å². The van der Waals surface area contributed by atoms with E-state index in [0.29, 0.717) is 16.8 Å². The van der Waals surface area contributed by atoms with Crippen LogP contribution in [0.15, 0.2) is 48.8 Å². The summed E-state index contributed by atoms with van der Waals surface area (Å²) >= 11 is 0. The molecule has 2 N–H and O–H groups in total. The first kappa shape index (κ1) is 19.2. The van der Waals surface area contributed by atoms with E-state index in [4.69, 9.17) is 4.74 Å². The quantitative estimate of drug-likeness (QED) is 0.431. The van der Waals surface area contributed by atoms with Crippen molar-refractivity contribution < 1.29 is 23.9 Å².